The molecule has 1 aromatic carbocycles. The van der Waals surface area contributed by atoms with Gasteiger partial charge in [-0.3, -0.25) is 23.7 Å². The molecule has 1 aromatic heterocycles. The fourth-order valence-electron chi connectivity index (χ4n) is 3.04. The van der Waals surface area contributed by atoms with Crippen molar-refractivity contribution < 1.29 is 32.6 Å². The molecule has 2 N–H and O–H groups in total. The second-order valence-corrected chi connectivity index (χ2v) is 11.7. The van der Waals surface area contributed by atoms with E-state index in [1.54, 1.807) is 52.0 Å². The van der Waals surface area contributed by atoms with Crippen molar-refractivity contribution in [3.05, 3.63) is 61.3 Å². The number of aromatic nitrogens is 2. The molecule has 1 aliphatic heterocycles. The van der Waals surface area contributed by atoms with E-state index in [9.17, 15) is 18.9 Å². The Morgan fingerprint density at radius 1 is 1.31 bits per heavy atom. The van der Waals surface area contributed by atoms with E-state index in [-0.39, 0.29) is 19.0 Å². The summed E-state index contributed by atoms with van der Waals surface area (Å²) in [7, 11) is -4.14. The molecule has 2 heterocycles. The lowest BCUT2D eigenvalue weighted by Gasteiger charge is -2.26. The third kappa shape index (κ3) is 7.86. The van der Waals surface area contributed by atoms with E-state index in [2.05, 4.69) is 26.0 Å². The van der Waals surface area contributed by atoms with Crippen LogP contribution in [0.15, 0.2) is 44.5 Å². The van der Waals surface area contributed by atoms with E-state index in [0.717, 1.165) is 4.47 Å². The minimum absolute atomic E-state index is 0.0149. The summed E-state index contributed by atoms with van der Waals surface area (Å²) in [4.78, 5) is 38.4. The summed E-state index contributed by atoms with van der Waals surface area (Å²) >= 11 is 3.32. The molecule has 3 rings (SSSR count). The molecular formula is C22H29BrN3O9P. The highest BCUT2D eigenvalue weighted by Gasteiger charge is 2.36. The van der Waals surface area contributed by atoms with Crippen molar-refractivity contribution in [2.45, 2.75) is 58.8 Å². The van der Waals surface area contributed by atoms with Crippen LogP contribution in [-0.2, 0) is 28.1 Å². The molecule has 2 unspecified atom stereocenters. The smallest absolute Gasteiger partial charge is 0.459 e. The normalized spacial score (nSPS) is 20.5. The third-order valence-electron chi connectivity index (χ3n) is 4.72. The highest BCUT2D eigenvalue weighted by Crippen LogP contribution is 2.45. The van der Waals surface area contributed by atoms with Crippen molar-refractivity contribution in [1.82, 2.24) is 14.6 Å². The van der Waals surface area contributed by atoms with Gasteiger partial charge in [0.1, 0.15) is 24.0 Å². The highest BCUT2D eigenvalue weighted by molar-refractivity contribution is 9.10. The van der Waals surface area contributed by atoms with E-state index in [1.807, 2.05) is 0 Å². The molecule has 14 heteroatoms. The molecule has 36 heavy (non-hydrogen) atoms. The van der Waals surface area contributed by atoms with Crippen LogP contribution in [-0.4, -0.2) is 46.7 Å². The number of H-pyrrole nitrogens is 1. The zero-order valence-electron chi connectivity index (χ0n) is 20.5. The summed E-state index contributed by atoms with van der Waals surface area (Å²) in [6, 6.07) is 5.49. The first-order chi connectivity index (χ1) is 16.7. The van der Waals surface area contributed by atoms with Crippen LogP contribution < -0.4 is 20.9 Å². The molecule has 1 saturated heterocycles. The summed E-state index contributed by atoms with van der Waals surface area (Å²) < 4.78 is 43.3. The second kappa shape index (κ2) is 11.4. The Hall–Kier alpha value is -2.28. The van der Waals surface area contributed by atoms with Crippen LogP contribution in [0.25, 0.3) is 0 Å². The Labute approximate surface area is 216 Å². The van der Waals surface area contributed by atoms with Crippen LogP contribution in [0, 0.1) is 6.92 Å². The maximum atomic E-state index is 13.6. The average molecular weight is 590 g/mol. The SMILES string of the molecule is Cc1cn([C@H]2CO[C@@H](COP(=O)(NC(C)C(=O)OC(C)(C)C)Oc3ccc(Br)cc3)O2)c(=O)[nH]c1=O. The van der Waals surface area contributed by atoms with E-state index >= 15 is 0 Å². The fraction of sp³-hybridized carbons (Fsp3) is 0.500. The summed E-state index contributed by atoms with van der Waals surface area (Å²) in [6.07, 6.45) is -0.471. The predicted molar refractivity (Wildman–Crippen MR) is 133 cm³/mol. The monoisotopic (exact) mass is 589 g/mol. The Morgan fingerprint density at radius 2 is 1.97 bits per heavy atom. The summed E-state index contributed by atoms with van der Waals surface area (Å²) in [6.45, 7) is 7.80. The zero-order chi connectivity index (χ0) is 26.7. The van der Waals surface area contributed by atoms with Crippen molar-refractivity contribution >= 4 is 29.6 Å². The number of aryl methyl sites for hydroxylation is 1. The van der Waals surface area contributed by atoms with Crippen molar-refractivity contribution in [2.24, 2.45) is 0 Å². The van der Waals surface area contributed by atoms with E-state index < -0.39 is 49.1 Å². The van der Waals surface area contributed by atoms with E-state index in [0.29, 0.717) is 5.56 Å². The molecule has 1 aliphatic rings. The topological polar surface area (TPSA) is 147 Å². The van der Waals surface area contributed by atoms with Gasteiger partial charge in [0, 0.05) is 16.2 Å². The van der Waals surface area contributed by atoms with Crippen molar-refractivity contribution in [3.8, 4) is 5.75 Å². The standard InChI is InChI=1S/C22H29BrN3O9P/c1-13-10-26(21(29)24-19(13)27)17-11-31-18(33-17)12-32-36(30,35-16-8-6-15(23)7-9-16)25-14(2)20(28)34-22(3,4)5/h6-10,14,17-18H,11-12H2,1-5H3,(H,25,30)(H,24,27,29)/t14?,17-,18-,36?/m1/s1. The van der Waals surface area contributed by atoms with Gasteiger partial charge in [-0.1, -0.05) is 15.9 Å². The van der Waals surface area contributed by atoms with Crippen LogP contribution in [0.5, 0.6) is 5.75 Å². The molecule has 1 fully saturated rings. The molecule has 12 nitrogen and oxygen atoms in total. The molecule has 4 atom stereocenters. The maximum Gasteiger partial charge on any atom is 0.459 e. The van der Waals surface area contributed by atoms with Gasteiger partial charge in [-0.25, -0.2) is 9.36 Å². The third-order valence-corrected chi connectivity index (χ3v) is 6.89. The molecule has 0 spiro atoms. The fourth-order valence-corrected chi connectivity index (χ4v) is 4.78. The van der Waals surface area contributed by atoms with Crippen LogP contribution >= 0.6 is 23.7 Å². The molecule has 0 amide bonds. The summed E-state index contributed by atoms with van der Waals surface area (Å²) in [5.74, 6) is -0.418. The number of carbonyl (C=O) groups excluding carboxylic acids is 1. The molecule has 2 aromatic rings. The number of esters is 1. The van der Waals surface area contributed by atoms with E-state index in [1.165, 1.54) is 17.7 Å². The van der Waals surface area contributed by atoms with Crippen LogP contribution in [0.1, 0.15) is 39.5 Å². The predicted octanol–water partition coefficient (Wildman–Crippen LogP) is 3.00. The van der Waals surface area contributed by atoms with Crippen molar-refractivity contribution in [1.29, 1.82) is 0 Å². The van der Waals surface area contributed by atoms with Crippen LogP contribution in [0.4, 0.5) is 0 Å². The lowest BCUT2D eigenvalue weighted by Crippen LogP contribution is -2.39. The molecule has 198 valence electrons. The number of nitrogens with one attached hydrogen (secondary N) is 2. The molecular weight excluding hydrogens is 561 g/mol. The van der Waals surface area contributed by atoms with Crippen molar-refractivity contribution in [2.75, 3.05) is 13.2 Å². The molecule has 0 bridgehead atoms. The van der Waals surface area contributed by atoms with Gasteiger partial charge < -0.3 is 18.7 Å². The Kier molecular flexibility index (Phi) is 8.97. The first-order valence-electron chi connectivity index (χ1n) is 11.0. The summed E-state index contributed by atoms with van der Waals surface area (Å²) in [5.41, 5.74) is -1.57. The van der Waals surface area contributed by atoms with Gasteiger partial charge in [-0.05, 0) is 58.9 Å². The number of ether oxygens (including phenoxy) is 3. The van der Waals surface area contributed by atoms with Crippen LogP contribution in [0.3, 0.4) is 0 Å². The minimum Gasteiger partial charge on any atom is -0.459 e. The van der Waals surface area contributed by atoms with Gasteiger partial charge in [0.2, 0.25) is 0 Å². The van der Waals surface area contributed by atoms with Crippen molar-refractivity contribution in [3.63, 3.8) is 0 Å². The average Bonchev–Trinajstić information content (AvgIpc) is 3.24. The Morgan fingerprint density at radius 3 is 2.61 bits per heavy atom. The second-order valence-electron chi connectivity index (χ2n) is 9.05. The first kappa shape index (κ1) is 28.3. The highest BCUT2D eigenvalue weighted by atomic mass is 79.9. The van der Waals surface area contributed by atoms with E-state index in [4.69, 9.17) is 23.3 Å². The quantitative estimate of drug-likeness (QED) is 0.330. The van der Waals surface area contributed by atoms with Gasteiger partial charge in [-0.2, -0.15) is 5.09 Å². The summed E-state index contributed by atoms with van der Waals surface area (Å²) in [5, 5.41) is 2.59. The lowest BCUT2D eigenvalue weighted by molar-refractivity contribution is -0.156. The van der Waals surface area contributed by atoms with Gasteiger partial charge in [0.15, 0.2) is 12.5 Å². The van der Waals surface area contributed by atoms with Gasteiger partial charge in [0.05, 0.1) is 6.61 Å². The van der Waals surface area contributed by atoms with Gasteiger partial charge >= 0.3 is 19.4 Å². The number of hydrogen-bond donors (Lipinski definition) is 2. The first-order valence-corrected chi connectivity index (χ1v) is 13.4. The molecule has 0 radical (unpaired) electrons. The number of benzene rings is 1. The number of rotatable bonds is 9. The zero-order valence-corrected chi connectivity index (χ0v) is 23.0. The lowest BCUT2D eigenvalue weighted by atomic mass is 10.2. The Bertz CT molecular complexity index is 1240. The number of aromatic amines is 1. The molecule has 0 aliphatic carbocycles. The number of halogens is 1. The maximum absolute atomic E-state index is 13.6. The van der Waals surface area contributed by atoms with Crippen LogP contribution in [0.2, 0.25) is 0 Å². The Balaban J connectivity index is 1.71. The minimum atomic E-state index is -4.14. The van der Waals surface area contributed by atoms with Gasteiger partial charge in [-0.15, -0.1) is 0 Å². The van der Waals surface area contributed by atoms with Gasteiger partial charge in [0.25, 0.3) is 5.56 Å². The largest absolute Gasteiger partial charge is 0.459 e. The number of nitrogens with zero attached hydrogens (tertiary/aromatic N) is 1. The number of hydrogen-bond acceptors (Lipinski definition) is 9. The molecule has 0 saturated carbocycles. The number of carbonyl (C=O) groups is 1.